The first-order valence-corrected chi connectivity index (χ1v) is 7.58. The summed E-state index contributed by atoms with van der Waals surface area (Å²) >= 11 is 0. The van der Waals surface area contributed by atoms with E-state index < -0.39 is 15.4 Å². The fourth-order valence-corrected chi connectivity index (χ4v) is 2.32. The summed E-state index contributed by atoms with van der Waals surface area (Å²) in [6, 6.07) is 4.64. The highest BCUT2D eigenvalue weighted by Crippen LogP contribution is 2.26. The Morgan fingerprint density at radius 2 is 1.95 bits per heavy atom. The molecule has 106 valence electrons. The van der Waals surface area contributed by atoms with Crippen LogP contribution in [0.4, 0.5) is 5.69 Å². The first kappa shape index (κ1) is 15.7. The van der Waals surface area contributed by atoms with Gasteiger partial charge in [0.15, 0.2) is 0 Å². The fourth-order valence-electron chi connectivity index (χ4n) is 1.51. The molecule has 1 rings (SSSR count). The number of sulfonamides is 1. The number of carbonyl (C=O) groups excluding carboxylic acids is 1. The summed E-state index contributed by atoms with van der Waals surface area (Å²) in [4.78, 5) is 12.1. The minimum Gasteiger partial charge on any atom is -0.325 e. The Kier molecular flexibility index (Phi) is 4.37. The Morgan fingerprint density at radius 1 is 1.37 bits per heavy atom. The van der Waals surface area contributed by atoms with Gasteiger partial charge in [-0.05, 0) is 31.0 Å². The zero-order chi connectivity index (χ0) is 14.8. The van der Waals surface area contributed by atoms with Crippen LogP contribution in [0.5, 0.6) is 0 Å². The van der Waals surface area contributed by atoms with Crippen LogP contribution >= 0.6 is 0 Å². The topological polar surface area (TPSA) is 89.3 Å². The average molecular weight is 284 g/mol. The number of benzene rings is 1. The molecule has 0 bridgehead atoms. The van der Waals surface area contributed by atoms with Crippen LogP contribution in [-0.2, 0) is 14.8 Å². The SMILES string of the molecule is CCC(C)(C)C(=O)Nc1cccc(S(N)(=O)=O)c1C. The van der Waals surface area contributed by atoms with Gasteiger partial charge in [-0.2, -0.15) is 0 Å². The van der Waals surface area contributed by atoms with Gasteiger partial charge in [-0.25, -0.2) is 13.6 Å². The highest BCUT2D eigenvalue weighted by atomic mass is 32.2. The van der Waals surface area contributed by atoms with Gasteiger partial charge >= 0.3 is 0 Å². The Labute approximate surface area is 114 Å². The molecule has 0 unspecified atom stereocenters. The van der Waals surface area contributed by atoms with Gasteiger partial charge in [0.25, 0.3) is 0 Å². The monoisotopic (exact) mass is 284 g/mol. The Hall–Kier alpha value is -1.40. The number of rotatable bonds is 4. The number of carbonyl (C=O) groups is 1. The van der Waals surface area contributed by atoms with E-state index in [9.17, 15) is 13.2 Å². The van der Waals surface area contributed by atoms with Crippen LogP contribution in [0.3, 0.4) is 0 Å². The van der Waals surface area contributed by atoms with Crippen molar-refractivity contribution in [2.75, 3.05) is 5.32 Å². The summed E-state index contributed by atoms with van der Waals surface area (Å²) in [5, 5.41) is 7.88. The molecule has 0 aliphatic rings. The Balaban J connectivity index is 3.15. The third kappa shape index (κ3) is 3.54. The summed E-state index contributed by atoms with van der Waals surface area (Å²) in [5.74, 6) is -0.148. The zero-order valence-electron chi connectivity index (χ0n) is 11.6. The normalized spacial score (nSPS) is 12.3. The van der Waals surface area contributed by atoms with Crippen LogP contribution < -0.4 is 10.5 Å². The van der Waals surface area contributed by atoms with Crippen LogP contribution in [0, 0.1) is 12.3 Å². The molecule has 0 saturated heterocycles. The minimum atomic E-state index is -3.78. The first-order chi connectivity index (χ1) is 8.59. The molecule has 6 heteroatoms. The van der Waals surface area contributed by atoms with E-state index in [1.165, 1.54) is 6.07 Å². The van der Waals surface area contributed by atoms with Crippen molar-refractivity contribution in [1.29, 1.82) is 0 Å². The highest BCUT2D eigenvalue weighted by Gasteiger charge is 2.26. The summed E-state index contributed by atoms with van der Waals surface area (Å²) < 4.78 is 22.8. The van der Waals surface area contributed by atoms with E-state index in [1.54, 1.807) is 19.1 Å². The number of nitrogens with two attached hydrogens (primary N) is 1. The van der Waals surface area contributed by atoms with Crippen molar-refractivity contribution >= 4 is 21.6 Å². The molecular weight excluding hydrogens is 264 g/mol. The van der Waals surface area contributed by atoms with Gasteiger partial charge in [0, 0.05) is 11.1 Å². The van der Waals surface area contributed by atoms with E-state index in [1.807, 2.05) is 20.8 Å². The second-order valence-corrected chi connectivity index (χ2v) is 6.70. The van der Waals surface area contributed by atoms with Gasteiger partial charge in [-0.15, -0.1) is 0 Å². The van der Waals surface area contributed by atoms with Gasteiger partial charge in [0.1, 0.15) is 0 Å². The maximum absolute atomic E-state index is 12.1. The molecule has 0 spiro atoms. The van der Waals surface area contributed by atoms with Gasteiger partial charge in [0.05, 0.1) is 4.90 Å². The van der Waals surface area contributed by atoms with E-state index in [0.717, 1.165) is 0 Å². The molecule has 0 radical (unpaired) electrons. The smallest absolute Gasteiger partial charge is 0.238 e. The quantitative estimate of drug-likeness (QED) is 0.886. The molecule has 0 aliphatic carbocycles. The van der Waals surface area contributed by atoms with Crippen molar-refractivity contribution < 1.29 is 13.2 Å². The van der Waals surface area contributed by atoms with Crippen molar-refractivity contribution in [3.8, 4) is 0 Å². The molecule has 1 aromatic rings. The lowest BCUT2D eigenvalue weighted by molar-refractivity contribution is -0.124. The van der Waals surface area contributed by atoms with E-state index >= 15 is 0 Å². The number of hydrogen-bond acceptors (Lipinski definition) is 3. The standard InChI is InChI=1S/C13H20N2O3S/c1-5-13(3,4)12(16)15-10-7-6-8-11(9(10)2)19(14,17)18/h6-8H,5H2,1-4H3,(H,15,16)(H2,14,17,18). The van der Waals surface area contributed by atoms with Crippen molar-refractivity contribution in [3.05, 3.63) is 23.8 Å². The van der Waals surface area contributed by atoms with Crippen LogP contribution in [0.15, 0.2) is 23.1 Å². The number of amides is 1. The van der Waals surface area contributed by atoms with Crippen molar-refractivity contribution in [2.45, 2.75) is 39.0 Å². The highest BCUT2D eigenvalue weighted by molar-refractivity contribution is 7.89. The van der Waals surface area contributed by atoms with Crippen LogP contribution in [0.1, 0.15) is 32.8 Å². The average Bonchev–Trinajstić information content (AvgIpc) is 2.30. The van der Waals surface area contributed by atoms with Crippen molar-refractivity contribution in [3.63, 3.8) is 0 Å². The van der Waals surface area contributed by atoms with Crippen LogP contribution in [0.25, 0.3) is 0 Å². The van der Waals surface area contributed by atoms with Crippen molar-refractivity contribution in [2.24, 2.45) is 10.6 Å². The largest absolute Gasteiger partial charge is 0.325 e. The molecule has 0 saturated carbocycles. The predicted molar refractivity (Wildman–Crippen MR) is 75.3 cm³/mol. The summed E-state index contributed by atoms with van der Waals surface area (Å²) in [6.07, 6.45) is 0.687. The lowest BCUT2D eigenvalue weighted by Gasteiger charge is -2.22. The number of hydrogen-bond donors (Lipinski definition) is 2. The maximum Gasteiger partial charge on any atom is 0.238 e. The molecule has 0 aromatic heterocycles. The Bertz CT molecular complexity index is 592. The summed E-state index contributed by atoms with van der Waals surface area (Å²) in [5.41, 5.74) is 0.410. The molecule has 3 N–H and O–H groups in total. The van der Waals surface area contributed by atoms with Gasteiger partial charge < -0.3 is 5.32 Å². The van der Waals surface area contributed by atoms with E-state index in [2.05, 4.69) is 5.32 Å². The lowest BCUT2D eigenvalue weighted by Crippen LogP contribution is -2.30. The number of primary sulfonamides is 1. The van der Waals surface area contributed by atoms with E-state index in [4.69, 9.17) is 5.14 Å². The molecule has 0 atom stereocenters. The predicted octanol–water partition coefficient (Wildman–Crippen LogP) is 2.02. The second kappa shape index (κ2) is 5.30. The van der Waals surface area contributed by atoms with Gasteiger partial charge in [-0.1, -0.05) is 26.8 Å². The number of nitrogens with one attached hydrogen (secondary N) is 1. The van der Waals surface area contributed by atoms with Gasteiger partial charge in [0.2, 0.25) is 15.9 Å². The number of anilines is 1. The molecule has 19 heavy (non-hydrogen) atoms. The molecular formula is C13H20N2O3S. The second-order valence-electron chi connectivity index (χ2n) is 5.17. The van der Waals surface area contributed by atoms with Gasteiger partial charge in [-0.3, -0.25) is 4.79 Å². The third-order valence-corrected chi connectivity index (χ3v) is 4.39. The van der Waals surface area contributed by atoms with E-state index in [0.29, 0.717) is 17.7 Å². The summed E-state index contributed by atoms with van der Waals surface area (Å²) in [7, 11) is -3.78. The molecule has 0 heterocycles. The first-order valence-electron chi connectivity index (χ1n) is 6.03. The fraction of sp³-hybridized carbons (Fsp3) is 0.462. The molecule has 1 aromatic carbocycles. The molecule has 5 nitrogen and oxygen atoms in total. The van der Waals surface area contributed by atoms with E-state index in [-0.39, 0.29) is 10.8 Å². The molecule has 1 amide bonds. The zero-order valence-corrected chi connectivity index (χ0v) is 12.5. The summed E-state index contributed by atoms with van der Waals surface area (Å²) in [6.45, 7) is 7.21. The maximum atomic E-state index is 12.1. The minimum absolute atomic E-state index is 0.0274. The van der Waals surface area contributed by atoms with Crippen LogP contribution in [0.2, 0.25) is 0 Å². The Morgan fingerprint density at radius 3 is 2.42 bits per heavy atom. The molecule has 0 aliphatic heterocycles. The third-order valence-electron chi connectivity index (χ3n) is 3.34. The van der Waals surface area contributed by atoms with Crippen LogP contribution in [-0.4, -0.2) is 14.3 Å². The molecule has 0 fully saturated rings. The van der Waals surface area contributed by atoms with Crippen molar-refractivity contribution in [1.82, 2.24) is 0 Å². The lowest BCUT2D eigenvalue weighted by atomic mass is 9.89.